The minimum atomic E-state index is -1.34. The molecule has 0 spiro atoms. The van der Waals surface area contributed by atoms with Crippen molar-refractivity contribution in [1.29, 1.82) is 0 Å². The molecule has 2 N–H and O–H groups in total. The van der Waals surface area contributed by atoms with E-state index in [-0.39, 0.29) is 0 Å². The van der Waals surface area contributed by atoms with Crippen LogP contribution in [0, 0.1) is 0 Å². The Morgan fingerprint density at radius 3 is 2.42 bits per heavy atom. The highest BCUT2D eigenvalue weighted by Gasteiger charge is 1.96. The average molecular weight is 162 g/mol. The van der Waals surface area contributed by atoms with Crippen LogP contribution < -0.4 is 0 Å². The summed E-state index contributed by atoms with van der Waals surface area (Å²) in [6, 6.07) is 9.85. The summed E-state index contributed by atoms with van der Waals surface area (Å²) < 4.78 is 0. The summed E-state index contributed by atoms with van der Waals surface area (Å²) in [6.45, 7) is 0. The predicted octanol–water partition coefficient (Wildman–Crippen LogP) is 0.797. The van der Waals surface area contributed by atoms with Crippen LogP contribution in [0.1, 0.15) is 5.56 Å². The van der Waals surface area contributed by atoms with Crippen LogP contribution in [0.15, 0.2) is 42.4 Å². The topological polar surface area (TPSA) is 40.5 Å². The minimum absolute atomic E-state index is 0.735. The smallest absolute Gasteiger partial charge is 0.424 e. The lowest BCUT2D eigenvalue weighted by Crippen LogP contribution is -2.05. The van der Waals surface area contributed by atoms with Crippen molar-refractivity contribution in [2.45, 2.75) is 6.42 Å². The second-order valence-corrected chi connectivity index (χ2v) is 2.53. The summed E-state index contributed by atoms with van der Waals surface area (Å²) in [4.78, 5) is 0. The molecule has 1 rings (SSSR count). The lowest BCUT2D eigenvalue weighted by molar-refractivity contribution is 0.424. The lowest BCUT2D eigenvalue weighted by atomic mass is 9.91. The van der Waals surface area contributed by atoms with Crippen molar-refractivity contribution in [3.05, 3.63) is 47.9 Å². The van der Waals surface area contributed by atoms with Gasteiger partial charge in [-0.15, -0.1) is 0 Å². The Morgan fingerprint density at radius 2 is 1.83 bits per heavy atom. The summed E-state index contributed by atoms with van der Waals surface area (Å²) in [5.74, 6) is 1.35. The highest BCUT2D eigenvalue weighted by Crippen LogP contribution is 1.99. The fourth-order valence-corrected chi connectivity index (χ4v) is 0.940. The van der Waals surface area contributed by atoms with Gasteiger partial charge in [-0.1, -0.05) is 42.4 Å². The van der Waals surface area contributed by atoms with Gasteiger partial charge in [0.05, 0.1) is 0 Å². The van der Waals surface area contributed by atoms with Crippen molar-refractivity contribution in [2.75, 3.05) is 0 Å². The molecule has 1 aromatic rings. The monoisotopic (exact) mass is 162 g/mol. The summed E-state index contributed by atoms with van der Waals surface area (Å²) in [5.41, 5.74) is 1.16. The van der Waals surface area contributed by atoms with E-state index in [1.165, 1.54) is 5.98 Å². The van der Waals surface area contributed by atoms with E-state index in [0.29, 0.717) is 0 Å². The molecule has 2 nitrogen and oxygen atoms in total. The fraction of sp³-hybridized carbons (Fsp3) is 0.111. The SMILES string of the molecule is OB(O)/C=C/Cc1ccccc1. The molecule has 12 heavy (non-hydrogen) atoms. The molecular weight excluding hydrogens is 151 g/mol. The van der Waals surface area contributed by atoms with Gasteiger partial charge in [0.2, 0.25) is 0 Å². The molecule has 0 aliphatic rings. The molecule has 62 valence electrons. The zero-order valence-electron chi connectivity index (χ0n) is 6.72. The molecule has 0 saturated heterocycles. The molecular formula is C9H11BO2. The molecule has 0 radical (unpaired) electrons. The van der Waals surface area contributed by atoms with Gasteiger partial charge in [-0.2, -0.15) is 0 Å². The first-order valence-corrected chi connectivity index (χ1v) is 3.86. The first-order valence-electron chi connectivity index (χ1n) is 3.86. The molecule has 0 aliphatic heterocycles. The molecule has 1 aromatic carbocycles. The number of hydrogen-bond acceptors (Lipinski definition) is 2. The zero-order chi connectivity index (χ0) is 8.81. The molecule has 0 bridgehead atoms. The van der Waals surface area contributed by atoms with Crippen molar-refractivity contribution < 1.29 is 10.0 Å². The standard InChI is InChI=1S/C9H11BO2/c11-10(12)8-4-7-9-5-2-1-3-6-9/h1-6,8,11-12H,7H2/b8-4+. The van der Waals surface area contributed by atoms with Gasteiger partial charge in [0.15, 0.2) is 0 Å². The van der Waals surface area contributed by atoms with Crippen molar-refractivity contribution >= 4 is 7.12 Å². The van der Waals surface area contributed by atoms with Gasteiger partial charge in [0.1, 0.15) is 0 Å². The Morgan fingerprint density at radius 1 is 1.17 bits per heavy atom. The predicted molar refractivity (Wildman–Crippen MR) is 49.5 cm³/mol. The molecule has 0 saturated carbocycles. The van der Waals surface area contributed by atoms with Gasteiger partial charge in [-0.3, -0.25) is 0 Å². The van der Waals surface area contributed by atoms with E-state index in [0.717, 1.165) is 12.0 Å². The maximum atomic E-state index is 8.50. The normalized spacial score (nSPS) is 10.5. The van der Waals surface area contributed by atoms with Crippen LogP contribution >= 0.6 is 0 Å². The molecule has 0 unspecified atom stereocenters. The Balaban J connectivity index is 2.43. The maximum absolute atomic E-state index is 8.50. The minimum Gasteiger partial charge on any atom is -0.424 e. The third-order valence-electron chi connectivity index (χ3n) is 1.50. The first-order chi connectivity index (χ1) is 5.79. The van der Waals surface area contributed by atoms with Crippen LogP contribution in [-0.4, -0.2) is 17.2 Å². The highest BCUT2D eigenvalue weighted by molar-refractivity contribution is 6.47. The van der Waals surface area contributed by atoms with E-state index >= 15 is 0 Å². The number of allylic oxidation sites excluding steroid dienone is 1. The third-order valence-corrected chi connectivity index (χ3v) is 1.50. The Labute approximate surface area is 72.3 Å². The van der Waals surface area contributed by atoms with Crippen LogP contribution in [0.4, 0.5) is 0 Å². The molecule has 0 aliphatic carbocycles. The van der Waals surface area contributed by atoms with E-state index in [1.54, 1.807) is 6.08 Å². The fourth-order valence-electron chi connectivity index (χ4n) is 0.940. The van der Waals surface area contributed by atoms with Crippen LogP contribution in [-0.2, 0) is 6.42 Å². The van der Waals surface area contributed by atoms with Crippen molar-refractivity contribution in [2.24, 2.45) is 0 Å². The van der Waals surface area contributed by atoms with E-state index < -0.39 is 7.12 Å². The van der Waals surface area contributed by atoms with E-state index in [2.05, 4.69) is 0 Å². The Kier molecular flexibility index (Phi) is 3.58. The van der Waals surface area contributed by atoms with Crippen LogP contribution in [0.5, 0.6) is 0 Å². The molecule has 0 atom stereocenters. The Bertz CT molecular complexity index is 244. The molecule has 0 amide bonds. The first kappa shape index (κ1) is 9.04. The molecule has 0 aromatic heterocycles. The van der Waals surface area contributed by atoms with Gasteiger partial charge in [0, 0.05) is 0 Å². The molecule has 3 heteroatoms. The van der Waals surface area contributed by atoms with Gasteiger partial charge < -0.3 is 10.0 Å². The number of benzene rings is 1. The summed E-state index contributed by atoms with van der Waals surface area (Å²) in [6.07, 6.45) is 2.47. The average Bonchev–Trinajstić information content (AvgIpc) is 2.05. The van der Waals surface area contributed by atoms with Gasteiger partial charge in [-0.05, 0) is 12.0 Å². The van der Waals surface area contributed by atoms with Crippen molar-refractivity contribution in [3.8, 4) is 0 Å². The van der Waals surface area contributed by atoms with Crippen LogP contribution in [0.25, 0.3) is 0 Å². The van der Waals surface area contributed by atoms with Gasteiger partial charge in [-0.25, -0.2) is 0 Å². The van der Waals surface area contributed by atoms with E-state index in [1.807, 2.05) is 30.3 Å². The van der Waals surface area contributed by atoms with Gasteiger partial charge in [0.25, 0.3) is 0 Å². The molecule has 0 fully saturated rings. The van der Waals surface area contributed by atoms with E-state index in [9.17, 15) is 0 Å². The number of hydrogen-bond donors (Lipinski definition) is 2. The lowest BCUT2D eigenvalue weighted by Gasteiger charge is -1.93. The van der Waals surface area contributed by atoms with Crippen molar-refractivity contribution in [3.63, 3.8) is 0 Å². The van der Waals surface area contributed by atoms with Crippen LogP contribution in [0.2, 0.25) is 0 Å². The second-order valence-electron chi connectivity index (χ2n) is 2.53. The maximum Gasteiger partial charge on any atom is 0.480 e. The Hall–Kier alpha value is -1.06. The van der Waals surface area contributed by atoms with E-state index in [4.69, 9.17) is 10.0 Å². The quantitative estimate of drug-likeness (QED) is 0.645. The highest BCUT2D eigenvalue weighted by atomic mass is 16.4. The second kappa shape index (κ2) is 4.75. The molecule has 0 heterocycles. The summed E-state index contributed by atoms with van der Waals surface area (Å²) in [7, 11) is -1.34. The van der Waals surface area contributed by atoms with Crippen LogP contribution in [0.3, 0.4) is 0 Å². The van der Waals surface area contributed by atoms with Crippen molar-refractivity contribution in [1.82, 2.24) is 0 Å². The number of rotatable bonds is 3. The third kappa shape index (κ3) is 3.37. The largest absolute Gasteiger partial charge is 0.480 e. The zero-order valence-corrected chi connectivity index (χ0v) is 6.72. The summed E-state index contributed by atoms with van der Waals surface area (Å²) >= 11 is 0. The van der Waals surface area contributed by atoms with Gasteiger partial charge >= 0.3 is 7.12 Å². The summed E-state index contributed by atoms with van der Waals surface area (Å²) in [5, 5.41) is 17.0.